The molecule has 1 fully saturated rings. The summed E-state index contributed by atoms with van der Waals surface area (Å²) in [4.78, 5) is 41.5. The lowest BCUT2D eigenvalue weighted by Crippen LogP contribution is -2.49. The minimum atomic E-state index is -0.870. The van der Waals surface area contributed by atoms with Crippen LogP contribution in [-0.4, -0.2) is 46.0 Å². The second-order valence-corrected chi connectivity index (χ2v) is 7.31. The van der Waals surface area contributed by atoms with E-state index in [4.69, 9.17) is 0 Å². The number of rotatable bonds is 5. The van der Waals surface area contributed by atoms with Crippen LogP contribution in [0.3, 0.4) is 0 Å². The second kappa shape index (κ2) is 9.18. The minimum absolute atomic E-state index is 0.140. The van der Waals surface area contributed by atoms with Crippen molar-refractivity contribution in [1.82, 2.24) is 15.2 Å². The van der Waals surface area contributed by atoms with Gasteiger partial charge in [-0.05, 0) is 42.2 Å². The van der Waals surface area contributed by atoms with Crippen LogP contribution < -0.4 is 10.6 Å². The number of carbonyl (C=O) groups is 3. The molecule has 2 unspecified atom stereocenters. The van der Waals surface area contributed by atoms with Gasteiger partial charge in [-0.25, -0.2) is 4.79 Å². The van der Waals surface area contributed by atoms with Gasteiger partial charge < -0.3 is 20.6 Å². The lowest BCUT2D eigenvalue weighted by atomic mass is 9.91. The summed E-state index contributed by atoms with van der Waals surface area (Å²) >= 11 is 0. The number of aromatic nitrogens is 1. The summed E-state index contributed by atoms with van der Waals surface area (Å²) in [6.07, 6.45) is 2.13. The third kappa shape index (κ3) is 5.54. The molecule has 2 aromatic rings. The largest absolute Gasteiger partial charge is 0.481 e. The van der Waals surface area contributed by atoms with Crippen molar-refractivity contribution in [1.29, 1.82) is 0 Å². The molecule has 0 spiro atoms. The Morgan fingerprint density at radius 3 is 2.72 bits per heavy atom. The van der Waals surface area contributed by atoms with Crippen LogP contribution in [0.2, 0.25) is 0 Å². The summed E-state index contributed by atoms with van der Waals surface area (Å²) in [7, 11) is 0. The fourth-order valence-corrected chi connectivity index (χ4v) is 3.44. The Bertz CT molecular complexity index is 887. The molecule has 0 bridgehead atoms. The summed E-state index contributed by atoms with van der Waals surface area (Å²) in [5, 5.41) is 14.9. The molecule has 0 aliphatic carbocycles. The molecule has 0 saturated carbocycles. The van der Waals surface area contributed by atoms with Gasteiger partial charge in [-0.15, -0.1) is 0 Å². The van der Waals surface area contributed by atoms with E-state index < -0.39 is 11.9 Å². The molecule has 1 aromatic carbocycles. The molecular formula is C21H24N4O4. The first-order chi connectivity index (χ1) is 13.9. The summed E-state index contributed by atoms with van der Waals surface area (Å²) in [5.41, 5.74) is 1.74. The molecule has 1 aromatic heterocycles. The number of anilines is 1. The third-order valence-electron chi connectivity index (χ3n) is 4.82. The molecular weight excluding hydrogens is 372 g/mol. The van der Waals surface area contributed by atoms with E-state index in [-0.39, 0.29) is 30.9 Å². The maximum Gasteiger partial charge on any atom is 0.317 e. The highest BCUT2D eigenvalue weighted by atomic mass is 16.4. The van der Waals surface area contributed by atoms with Gasteiger partial charge in [0.2, 0.25) is 0 Å². The highest BCUT2D eigenvalue weighted by Crippen LogP contribution is 2.22. The van der Waals surface area contributed by atoms with E-state index in [0.717, 1.165) is 5.56 Å². The molecule has 1 aliphatic heterocycles. The Kier molecular flexibility index (Phi) is 6.43. The Labute approximate surface area is 168 Å². The molecule has 8 heteroatoms. The van der Waals surface area contributed by atoms with Crippen LogP contribution in [-0.2, 0) is 11.3 Å². The van der Waals surface area contributed by atoms with Gasteiger partial charge in [0, 0.05) is 31.5 Å². The van der Waals surface area contributed by atoms with Gasteiger partial charge in [0.1, 0.15) is 5.69 Å². The van der Waals surface area contributed by atoms with Crippen molar-refractivity contribution in [3.05, 3.63) is 59.9 Å². The molecule has 3 amide bonds. The maximum absolute atomic E-state index is 12.5. The van der Waals surface area contributed by atoms with Crippen molar-refractivity contribution in [2.75, 3.05) is 18.4 Å². The summed E-state index contributed by atoms with van der Waals surface area (Å²) in [6.45, 7) is 2.97. The van der Waals surface area contributed by atoms with Gasteiger partial charge in [-0.3, -0.25) is 14.6 Å². The topological polar surface area (TPSA) is 112 Å². The van der Waals surface area contributed by atoms with Crippen LogP contribution >= 0.6 is 0 Å². The van der Waals surface area contributed by atoms with E-state index in [1.165, 1.54) is 0 Å². The van der Waals surface area contributed by atoms with Gasteiger partial charge in [-0.1, -0.05) is 25.1 Å². The zero-order valence-corrected chi connectivity index (χ0v) is 16.2. The van der Waals surface area contributed by atoms with Crippen LogP contribution in [0.15, 0.2) is 48.7 Å². The van der Waals surface area contributed by atoms with E-state index in [1.807, 2.05) is 13.0 Å². The predicted octanol–water partition coefficient (Wildman–Crippen LogP) is 2.59. The van der Waals surface area contributed by atoms with Gasteiger partial charge in [0.05, 0.1) is 5.92 Å². The monoisotopic (exact) mass is 396 g/mol. The van der Waals surface area contributed by atoms with E-state index in [0.29, 0.717) is 24.3 Å². The standard InChI is InChI=1S/C21H24N4O4/c1-14-9-16(20(27)28)13-25(12-14)21(29)23-11-15-5-4-6-17(10-15)24-19(26)18-7-2-3-8-22-18/h2-8,10,14,16H,9,11-13H2,1H3,(H,23,29)(H,24,26)(H,27,28). The van der Waals surface area contributed by atoms with Gasteiger partial charge >= 0.3 is 12.0 Å². The van der Waals surface area contributed by atoms with Crippen molar-refractivity contribution in [3.8, 4) is 0 Å². The fraction of sp³-hybridized carbons (Fsp3) is 0.333. The van der Waals surface area contributed by atoms with E-state index in [1.54, 1.807) is 47.5 Å². The minimum Gasteiger partial charge on any atom is -0.481 e. The molecule has 1 aliphatic rings. The number of likely N-dealkylation sites (tertiary alicyclic amines) is 1. The van der Waals surface area contributed by atoms with Crippen LogP contribution in [0, 0.1) is 11.8 Å². The lowest BCUT2D eigenvalue weighted by molar-refractivity contribution is -0.143. The van der Waals surface area contributed by atoms with E-state index in [2.05, 4.69) is 15.6 Å². The lowest BCUT2D eigenvalue weighted by Gasteiger charge is -2.34. The number of benzene rings is 1. The average Bonchev–Trinajstić information content (AvgIpc) is 2.72. The molecule has 152 valence electrons. The number of hydrogen-bond donors (Lipinski definition) is 3. The van der Waals surface area contributed by atoms with Crippen molar-refractivity contribution in [3.63, 3.8) is 0 Å². The highest BCUT2D eigenvalue weighted by Gasteiger charge is 2.31. The molecule has 0 radical (unpaired) electrons. The normalized spacial score (nSPS) is 18.7. The van der Waals surface area contributed by atoms with Crippen LogP contribution in [0.1, 0.15) is 29.4 Å². The second-order valence-electron chi connectivity index (χ2n) is 7.31. The molecule has 2 heterocycles. The number of urea groups is 1. The molecule has 3 rings (SSSR count). The van der Waals surface area contributed by atoms with Gasteiger partial charge in [0.15, 0.2) is 0 Å². The number of aliphatic carboxylic acids is 1. The fourth-order valence-electron chi connectivity index (χ4n) is 3.44. The summed E-state index contributed by atoms with van der Waals surface area (Å²) in [6, 6.07) is 12.0. The SMILES string of the molecule is CC1CC(C(=O)O)CN(C(=O)NCc2cccc(NC(=O)c3ccccn3)c2)C1. The number of piperidine rings is 1. The van der Waals surface area contributed by atoms with Crippen molar-refractivity contribution < 1.29 is 19.5 Å². The Hall–Kier alpha value is -3.42. The third-order valence-corrected chi connectivity index (χ3v) is 4.82. The van der Waals surface area contributed by atoms with Crippen molar-refractivity contribution >= 4 is 23.6 Å². The molecule has 2 atom stereocenters. The molecule has 1 saturated heterocycles. The zero-order valence-electron chi connectivity index (χ0n) is 16.2. The average molecular weight is 396 g/mol. The number of carboxylic acid groups (broad SMARTS) is 1. The summed E-state index contributed by atoms with van der Waals surface area (Å²) in [5.74, 6) is -1.57. The number of carbonyl (C=O) groups excluding carboxylic acids is 2. The molecule has 29 heavy (non-hydrogen) atoms. The van der Waals surface area contributed by atoms with Gasteiger partial charge in [-0.2, -0.15) is 0 Å². The molecule has 3 N–H and O–H groups in total. The number of amides is 3. The number of nitrogens with zero attached hydrogens (tertiary/aromatic N) is 2. The first-order valence-electron chi connectivity index (χ1n) is 9.49. The Balaban J connectivity index is 1.57. The predicted molar refractivity (Wildman–Crippen MR) is 107 cm³/mol. The number of carboxylic acids is 1. The van der Waals surface area contributed by atoms with E-state index >= 15 is 0 Å². The van der Waals surface area contributed by atoms with Crippen LogP contribution in [0.5, 0.6) is 0 Å². The number of nitrogens with one attached hydrogen (secondary N) is 2. The van der Waals surface area contributed by atoms with Crippen molar-refractivity contribution in [2.24, 2.45) is 11.8 Å². The Morgan fingerprint density at radius 1 is 1.17 bits per heavy atom. The van der Waals surface area contributed by atoms with Crippen LogP contribution in [0.25, 0.3) is 0 Å². The highest BCUT2D eigenvalue weighted by molar-refractivity contribution is 6.02. The van der Waals surface area contributed by atoms with Gasteiger partial charge in [0.25, 0.3) is 5.91 Å². The smallest absolute Gasteiger partial charge is 0.317 e. The quantitative estimate of drug-likeness (QED) is 0.719. The summed E-state index contributed by atoms with van der Waals surface area (Å²) < 4.78 is 0. The maximum atomic E-state index is 12.5. The number of hydrogen-bond acceptors (Lipinski definition) is 4. The van der Waals surface area contributed by atoms with Crippen LogP contribution in [0.4, 0.5) is 10.5 Å². The molecule has 8 nitrogen and oxygen atoms in total. The number of pyridine rings is 1. The van der Waals surface area contributed by atoms with Crippen molar-refractivity contribution in [2.45, 2.75) is 19.9 Å². The first kappa shape index (κ1) is 20.3. The Morgan fingerprint density at radius 2 is 2.00 bits per heavy atom. The first-order valence-corrected chi connectivity index (χ1v) is 9.49. The zero-order chi connectivity index (χ0) is 20.8. The van der Waals surface area contributed by atoms with E-state index in [9.17, 15) is 19.5 Å².